The van der Waals surface area contributed by atoms with Gasteiger partial charge in [-0.1, -0.05) is 6.07 Å². The third kappa shape index (κ3) is 2.81. The summed E-state index contributed by atoms with van der Waals surface area (Å²) in [4.78, 5) is 0.348. The maximum absolute atomic E-state index is 12.3. The van der Waals surface area contributed by atoms with Gasteiger partial charge < -0.3 is 10.1 Å². The van der Waals surface area contributed by atoms with E-state index in [0.29, 0.717) is 11.5 Å². The van der Waals surface area contributed by atoms with Gasteiger partial charge in [0.25, 0.3) is 0 Å². The molecule has 1 aromatic rings. The van der Waals surface area contributed by atoms with Crippen molar-refractivity contribution < 1.29 is 13.2 Å². The molecular formula is C13H18N2O3S. The first-order valence-corrected chi connectivity index (χ1v) is 8.06. The number of fused-ring (bicyclic) bond motifs is 1. The maximum Gasteiger partial charge on any atom is 0.240 e. The van der Waals surface area contributed by atoms with Crippen LogP contribution in [0.15, 0.2) is 23.1 Å². The van der Waals surface area contributed by atoms with E-state index in [1.54, 1.807) is 12.1 Å². The second kappa shape index (κ2) is 5.20. The summed E-state index contributed by atoms with van der Waals surface area (Å²) in [5.74, 6) is 0. The largest absolute Gasteiger partial charge is 0.380 e. The Labute approximate surface area is 113 Å². The Morgan fingerprint density at radius 3 is 2.89 bits per heavy atom. The number of nitrogens with one attached hydrogen (secondary N) is 2. The lowest BCUT2D eigenvalue weighted by Gasteiger charge is -2.23. The van der Waals surface area contributed by atoms with Crippen LogP contribution in [0, 0.1) is 0 Å². The number of benzene rings is 1. The van der Waals surface area contributed by atoms with E-state index >= 15 is 0 Å². The number of ether oxygens (including phenoxy) is 1. The SMILES string of the molecule is O=S(=O)(NC1CCCOC1)c1ccc2c(c1)CNC2. The average molecular weight is 282 g/mol. The van der Waals surface area contributed by atoms with Gasteiger partial charge in [0, 0.05) is 25.7 Å². The van der Waals surface area contributed by atoms with Gasteiger partial charge in [0.1, 0.15) is 0 Å². The van der Waals surface area contributed by atoms with E-state index in [0.717, 1.165) is 38.1 Å². The molecule has 104 valence electrons. The van der Waals surface area contributed by atoms with Gasteiger partial charge in [0.15, 0.2) is 0 Å². The van der Waals surface area contributed by atoms with Crippen molar-refractivity contribution in [1.29, 1.82) is 0 Å². The molecule has 0 saturated carbocycles. The molecule has 3 rings (SSSR count). The number of sulfonamides is 1. The Balaban J connectivity index is 1.79. The van der Waals surface area contributed by atoms with E-state index in [1.165, 1.54) is 5.56 Å². The van der Waals surface area contributed by atoms with Crippen molar-refractivity contribution in [3.05, 3.63) is 29.3 Å². The minimum Gasteiger partial charge on any atom is -0.380 e. The standard InChI is InChI=1S/C13H18N2O3S/c16-19(17,15-12-2-1-5-18-9-12)13-4-3-10-7-14-8-11(10)6-13/h3-4,6,12,14-15H,1-2,5,7-9H2. The zero-order valence-corrected chi connectivity index (χ0v) is 11.5. The van der Waals surface area contributed by atoms with Crippen LogP contribution in [0.25, 0.3) is 0 Å². The molecular weight excluding hydrogens is 264 g/mol. The van der Waals surface area contributed by atoms with Gasteiger partial charge in [-0.3, -0.25) is 0 Å². The second-order valence-corrected chi connectivity index (χ2v) is 6.78. The monoisotopic (exact) mass is 282 g/mol. The lowest BCUT2D eigenvalue weighted by molar-refractivity contribution is 0.0774. The highest BCUT2D eigenvalue weighted by atomic mass is 32.2. The molecule has 2 N–H and O–H groups in total. The fraction of sp³-hybridized carbons (Fsp3) is 0.538. The minimum atomic E-state index is -3.44. The highest BCUT2D eigenvalue weighted by molar-refractivity contribution is 7.89. The molecule has 19 heavy (non-hydrogen) atoms. The Morgan fingerprint density at radius 2 is 2.11 bits per heavy atom. The highest BCUT2D eigenvalue weighted by Gasteiger charge is 2.23. The van der Waals surface area contributed by atoms with Gasteiger partial charge in [-0.25, -0.2) is 13.1 Å². The lowest BCUT2D eigenvalue weighted by Crippen LogP contribution is -2.40. The molecule has 5 nitrogen and oxygen atoms in total. The van der Waals surface area contributed by atoms with E-state index in [-0.39, 0.29) is 6.04 Å². The summed E-state index contributed by atoms with van der Waals surface area (Å²) in [5.41, 5.74) is 2.25. The first kappa shape index (κ1) is 13.1. The normalized spacial score (nSPS) is 23.3. The molecule has 0 aromatic heterocycles. The topological polar surface area (TPSA) is 67.4 Å². The van der Waals surface area contributed by atoms with Crippen LogP contribution in [0.1, 0.15) is 24.0 Å². The smallest absolute Gasteiger partial charge is 0.240 e. The average Bonchev–Trinajstić information content (AvgIpc) is 2.86. The molecule has 1 unspecified atom stereocenters. The molecule has 2 heterocycles. The van der Waals surface area contributed by atoms with Gasteiger partial charge in [-0.05, 0) is 36.1 Å². The first-order valence-electron chi connectivity index (χ1n) is 6.58. The molecule has 1 aromatic carbocycles. The predicted molar refractivity (Wildman–Crippen MR) is 71.1 cm³/mol. The van der Waals surface area contributed by atoms with Crippen molar-refractivity contribution in [2.45, 2.75) is 36.9 Å². The Bertz CT molecular complexity index is 565. The van der Waals surface area contributed by atoms with Crippen molar-refractivity contribution >= 4 is 10.0 Å². The Morgan fingerprint density at radius 1 is 1.26 bits per heavy atom. The van der Waals surface area contributed by atoms with Crippen molar-refractivity contribution in [1.82, 2.24) is 10.0 Å². The van der Waals surface area contributed by atoms with E-state index < -0.39 is 10.0 Å². The van der Waals surface area contributed by atoms with Crippen molar-refractivity contribution in [3.63, 3.8) is 0 Å². The number of hydrogen-bond acceptors (Lipinski definition) is 4. The van der Waals surface area contributed by atoms with Crippen LogP contribution in [0.2, 0.25) is 0 Å². The van der Waals surface area contributed by atoms with Gasteiger partial charge >= 0.3 is 0 Å². The van der Waals surface area contributed by atoms with Crippen LogP contribution in [0.3, 0.4) is 0 Å². The lowest BCUT2D eigenvalue weighted by atomic mass is 10.1. The van der Waals surface area contributed by atoms with Crippen LogP contribution in [0.4, 0.5) is 0 Å². The Kier molecular flexibility index (Phi) is 3.58. The van der Waals surface area contributed by atoms with E-state index in [2.05, 4.69) is 10.0 Å². The fourth-order valence-electron chi connectivity index (χ4n) is 2.56. The molecule has 1 fully saturated rings. The van der Waals surface area contributed by atoms with Gasteiger partial charge in [0.05, 0.1) is 11.5 Å². The summed E-state index contributed by atoms with van der Waals surface area (Å²) >= 11 is 0. The third-order valence-corrected chi connectivity index (χ3v) is 5.12. The third-order valence-electron chi connectivity index (χ3n) is 3.60. The van der Waals surface area contributed by atoms with Crippen molar-refractivity contribution in [2.75, 3.05) is 13.2 Å². The summed E-state index contributed by atoms with van der Waals surface area (Å²) in [5, 5.41) is 3.21. The summed E-state index contributed by atoms with van der Waals surface area (Å²) < 4.78 is 32.7. The highest BCUT2D eigenvalue weighted by Crippen LogP contribution is 2.20. The molecule has 2 aliphatic rings. The fourth-order valence-corrected chi connectivity index (χ4v) is 3.86. The van der Waals surface area contributed by atoms with Crippen LogP contribution in [-0.4, -0.2) is 27.7 Å². The molecule has 0 amide bonds. The minimum absolute atomic E-state index is 0.106. The van der Waals surface area contributed by atoms with E-state index in [9.17, 15) is 8.42 Å². The van der Waals surface area contributed by atoms with Crippen molar-refractivity contribution in [2.24, 2.45) is 0 Å². The maximum atomic E-state index is 12.3. The van der Waals surface area contributed by atoms with Crippen LogP contribution in [0.5, 0.6) is 0 Å². The number of rotatable bonds is 3. The van der Waals surface area contributed by atoms with Gasteiger partial charge in [-0.2, -0.15) is 0 Å². The second-order valence-electron chi connectivity index (χ2n) is 5.07. The van der Waals surface area contributed by atoms with E-state index in [4.69, 9.17) is 4.74 Å². The molecule has 0 radical (unpaired) electrons. The molecule has 0 aliphatic carbocycles. The Hall–Kier alpha value is -0.950. The van der Waals surface area contributed by atoms with Gasteiger partial charge in [0.2, 0.25) is 10.0 Å². The summed E-state index contributed by atoms with van der Waals surface area (Å²) in [7, 11) is -3.44. The zero-order valence-electron chi connectivity index (χ0n) is 10.7. The summed E-state index contributed by atoms with van der Waals surface area (Å²) in [6.45, 7) is 2.75. The molecule has 1 atom stereocenters. The predicted octanol–water partition coefficient (Wildman–Crippen LogP) is 0.747. The zero-order chi connectivity index (χ0) is 13.3. The van der Waals surface area contributed by atoms with Gasteiger partial charge in [-0.15, -0.1) is 0 Å². The summed E-state index contributed by atoms with van der Waals surface area (Å²) in [6.07, 6.45) is 1.74. The first-order chi connectivity index (χ1) is 9.15. The quantitative estimate of drug-likeness (QED) is 0.858. The van der Waals surface area contributed by atoms with Crippen molar-refractivity contribution in [3.8, 4) is 0 Å². The molecule has 2 aliphatic heterocycles. The molecule has 0 bridgehead atoms. The molecule has 6 heteroatoms. The molecule has 1 saturated heterocycles. The summed E-state index contributed by atoms with van der Waals surface area (Å²) in [6, 6.07) is 5.23. The van der Waals surface area contributed by atoms with E-state index in [1.807, 2.05) is 6.07 Å². The van der Waals surface area contributed by atoms with Crippen LogP contribution in [-0.2, 0) is 27.8 Å². The molecule has 0 spiro atoms. The van der Waals surface area contributed by atoms with Crippen LogP contribution < -0.4 is 10.0 Å². The van der Waals surface area contributed by atoms with Crippen LogP contribution >= 0.6 is 0 Å². The number of hydrogen-bond donors (Lipinski definition) is 2.